The Labute approximate surface area is 182 Å². The van der Waals surface area contributed by atoms with E-state index in [1.165, 1.54) is 43.3 Å². The molecule has 0 heterocycles. The van der Waals surface area contributed by atoms with E-state index < -0.39 is 35.8 Å². The molecule has 0 aliphatic rings. The fraction of sp³-hybridized carbons (Fsp3) is 0.333. The van der Waals surface area contributed by atoms with Crippen LogP contribution in [-0.2, 0) is 16.0 Å². The lowest BCUT2D eigenvalue weighted by Gasteiger charge is -2.26. The highest BCUT2D eigenvalue weighted by molar-refractivity contribution is 6.33. The van der Waals surface area contributed by atoms with Crippen LogP contribution in [0.25, 0.3) is 0 Å². The molecular formula is C21H20Cl2F3NO3. The Morgan fingerprint density at radius 1 is 1.07 bits per heavy atom. The molecule has 3 atom stereocenters. The molecule has 0 radical (unpaired) electrons. The molecular weight excluding hydrogens is 442 g/mol. The van der Waals surface area contributed by atoms with Gasteiger partial charge in [0.1, 0.15) is 0 Å². The second-order valence-corrected chi connectivity index (χ2v) is 7.95. The molecule has 0 saturated heterocycles. The fourth-order valence-electron chi connectivity index (χ4n) is 2.97. The van der Waals surface area contributed by atoms with Gasteiger partial charge in [0.2, 0.25) is 5.91 Å². The maximum atomic E-state index is 13.4. The Morgan fingerprint density at radius 2 is 1.67 bits per heavy atom. The number of halogens is 5. The van der Waals surface area contributed by atoms with Gasteiger partial charge in [-0.15, -0.1) is 0 Å². The summed E-state index contributed by atoms with van der Waals surface area (Å²) in [5, 5.41) is 12.0. The first-order valence-corrected chi connectivity index (χ1v) is 9.80. The summed E-state index contributed by atoms with van der Waals surface area (Å²) < 4.78 is 40.3. The maximum Gasteiger partial charge on any atom is 0.392 e. The van der Waals surface area contributed by atoms with Crippen LogP contribution in [0.15, 0.2) is 42.5 Å². The molecule has 9 heteroatoms. The molecule has 30 heavy (non-hydrogen) atoms. The highest BCUT2D eigenvalue weighted by Gasteiger charge is 2.45. The maximum absolute atomic E-state index is 13.4. The number of benzene rings is 2. The van der Waals surface area contributed by atoms with E-state index in [1.807, 2.05) is 0 Å². The van der Waals surface area contributed by atoms with Crippen LogP contribution in [0.3, 0.4) is 0 Å². The number of amides is 1. The second-order valence-electron chi connectivity index (χ2n) is 7.11. The van der Waals surface area contributed by atoms with Gasteiger partial charge in [0.15, 0.2) is 0 Å². The lowest BCUT2D eigenvalue weighted by molar-refractivity contribution is -0.178. The molecule has 1 amide bonds. The van der Waals surface area contributed by atoms with Gasteiger partial charge in [-0.2, -0.15) is 13.2 Å². The molecule has 162 valence electrons. The minimum Gasteiger partial charge on any atom is -0.481 e. The number of rotatable bonds is 7. The third-order valence-electron chi connectivity index (χ3n) is 4.78. The van der Waals surface area contributed by atoms with E-state index in [0.717, 1.165) is 6.92 Å². The van der Waals surface area contributed by atoms with Crippen molar-refractivity contribution in [3.63, 3.8) is 0 Å². The normalized spacial score (nSPS) is 14.6. The molecule has 0 fully saturated rings. The van der Waals surface area contributed by atoms with Crippen LogP contribution in [0.5, 0.6) is 0 Å². The van der Waals surface area contributed by atoms with E-state index in [2.05, 4.69) is 5.32 Å². The molecule has 2 N–H and O–H groups in total. The zero-order valence-corrected chi connectivity index (χ0v) is 17.6. The number of alkyl halides is 3. The van der Waals surface area contributed by atoms with Gasteiger partial charge in [-0.1, -0.05) is 55.2 Å². The van der Waals surface area contributed by atoms with Gasteiger partial charge in [0, 0.05) is 5.02 Å². The van der Waals surface area contributed by atoms with Crippen LogP contribution in [-0.4, -0.2) is 23.2 Å². The third kappa shape index (κ3) is 6.12. The first-order chi connectivity index (χ1) is 13.9. The van der Waals surface area contributed by atoms with Crippen LogP contribution in [0.4, 0.5) is 18.9 Å². The summed E-state index contributed by atoms with van der Waals surface area (Å²) in [6.45, 7) is 2.46. The quantitative estimate of drug-likeness (QED) is 0.517. The predicted octanol–water partition coefficient (Wildman–Crippen LogP) is 6.18. The van der Waals surface area contributed by atoms with Crippen molar-refractivity contribution in [3.8, 4) is 0 Å². The highest BCUT2D eigenvalue weighted by atomic mass is 35.5. The largest absolute Gasteiger partial charge is 0.481 e. The molecule has 0 saturated carbocycles. The number of anilines is 1. The molecule has 2 aromatic carbocycles. The molecule has 0 bridgehead atoms. The van der Waals surface area contributed by atoms with Crippen LogP contribution in [0.2, 0.25) is 10.0 Å². The van der Waals surface area contributed by atoms with Crippen molar-refractivity contribution in [3.05, 3.63) is 63.6 Å². The van der Waals surface area contributed by atoms with Crippen molar-refractivity contribution in [2.75, 3.05) is 5.32 Å². The molecule has 0 aliphatic heterocycles. The summed E-state index contributed by atoms with van der Waals surface area (Å²) in [6.07, 6.45) is -4.43. The first kappa shape index (κ1) is 24.0. The van der Waals surface area contributed by atoms with Crippen LogP contribution in [0.1, 0.15) is 30.9 Å². The SMILES string of the molecule is CC([C@H](C(=O)Nc1cc(C[C@H](C)C(=O)O)ccc1Cl)c1ccc(Cl)cc1)C(F)(F)F. The average Bonchev–Trinajstić information content (AvgIpc) is 2.65. The molecule has 4 nitrogen and oxygen atoms in total. The Kier molecular flexibility index (Phi) is 7.77. The smallest absolute Gasteiger partial charge is 0.392 e. The first-order valence-electron chi connectivity index (χ1n) is 9.04. The summed E-state index contributed by atoms with van der Waals surface area (Å²) in [4.78, 5) is 23.9. The van der Waals surface area contributed by atoms with E-state index in [4.69, 9.17) is 28.3 Å². The summed E-state index contributed by atoms with van der Waals surface area (Å²) in [5.41, 5.74) is 0.857. The van der Waals surface area contributed by atoms with E-state index in [1.54, 1.807) is 6.07 Å². The lowest BCUT2D eigenvalue weighted by atomic mass is 9.86. The number of nitrogens with one attached hydrogen (secondary N) is 1. The van der Waals surface area contributed by atoms with Crippen molar-refractivity contribution in [1.29, 1.82) is 0 Å². The van der Waals surface area contributed by atoms with Crippen molar-refractivity contribution < 1.29 is 27.9 Å². The number of carboxylic acids is 1. The topological polar surface area (TPSA) is 66.4 Å². The lowest BCUT2D eigenvalue weighted by Crippen LogP contribution is -2.34. The van der Waals surface area contributed by atoms with Crippen molar-refractivity contribution in [1.82, 2.24) is 0 Å². The van der Waals surface area contributed by atoms with Crippen molar-refractivity contribution in [2.45, 2.75) is 32.4 Å². The Balaban J connectivity index is 2.35. The van der Waals surface area contributed by atoms with Crippen LogP contribution >= 0.6 is 23.2 Å². The highest BCUT2D eigenvalue weighted by Crippen LogP contribution is 2.39. The Hall–Kier alpha value is -2.25. The predicted molar refractivity (Wildman–Crippen MR) is 110 cm³/mol. The number of hydrogen-bond acceptors (Lipinski definition) is 2. The van der Waals surface area contributed by atoms with Gasteiger partial charge in [-0.05, 0) is 41.8 Å². The van der Waals surface area contributed by atoms with Gasteiger partial charge >= 0.3 is 12.1 Å². The van der Waals surface area contributed by atoms with E-state index in [0.29, 0.717) is 10.6 Å². The summed E-state index contributed by atoms with van der Waals surface area (Å²) >= 11 is 11.9. The summed E-state index contributed by atoms with van der Waals surface area (Å²) in [7, 11) is 0. The fourth-order valence-corrected chi connectivity index (χ4v) is 3.26. The van der Waals surface area contributed by atoms with E-state index in [9.17, 15) is 22.8 Å². The number of carbonyl (C=O) groups is 2. The molecule has 0 aliphatic carbocycles. The number of aliphatic carboxylic acids is 1. The standard InChI is InChI=1S/C21H20Cl2F3NO3/c1-11(20(29)30)9-13-3-8-16(23)17(10-13)27-19(28)18(12(2)21(24,25)26)14-4-6-15(22)7-5-14/h3-8,10-12,18H,9H2,1-2H3,(H,27,28)(H,29,30)/t11-,12?,18-/m0/s1. The zero-order chi connectivity index (χ0) is 22.6. The summed E-state index contributed by atoms with van der Waals surface area (Å²) in [6, 6.07) is 10.1. The monoisotopic (exact) mass is 461 g/mol. The van der Waals surface area contributed by atoms with Crippen LogP contribution < -0.4 is 5.32 Å². The van der Waals surface area contributed by atoms with E-state index in [-0.39, 0.29) is 22.7 Å². The van der Waals surface area contributed by atoms with Gasteiger partial charge < -0.3 is 10.4 Å². The molecule has 1 unspecified atom stereocenters. The zero-order valence-electron chi connectivity index (χ0n) is 16.1. The van der Waals surface area contributed by atoms with Gasteiger partial charge in [-0.25, -0.2) is 0 Å². The average molecular weight is 462 g/mol. The van der Waals surface area contributed by atoms with Crippen LogP contribution in [0, 0.1) is 11.8 Å². The minimum atomic E-state index is -4.61. The van der Waals surface area contributed by atoms with Gasteiger partial charge in [0.05, 0.1) is 28.5 Å². The number of carboxylic acid groups (broad SMARTS) is 1. The molecule has 2 aromatic rings. The van der Waals surface area contributed by atoms with Gasteiger partial charge in [0.25, 0.3) is 0 Å². The second kappa shape index (κ2) is 9.71. The van der Waals surface area contributed by atoms with Crippen molar-refractivity contribution >= 4 is 40.8 Å². The molecule has 2 rings (SSSR count). The third-order valence-corrected chi connectivity index (χ3v) is 5.36. The summed E-state index contributed by atoms with van der Waals surface area (Å²) in [5.74, 6) is -6.04. The van der Waals surface area contributed by atoms with E-state index >= 15 is 0 Å². The van der Waals surface area contributed by atoms with Crippen molar-refractivity contribution in [2.24, 2.45) is 11.8 Å². The number of hydrogen-bond donors (Lipinski definition) is 2. The Morgan fingerprint density at radius 3 is 2.20 bits per heavy atom. The molecule has 0 aromatic heterocycles. The minimum absolute atomic E-state index is 0.116. The number of carbonyl (C=O) groups excluding carboxylic acids is 1. The van der Waals surface area contributed by atoms with Gasteiger partial charge in [-0.3, -0.25) is 9.59 Å². The Bertz CT molecular complexity index is 917. The molecule has 0 spiro atoms.